The Hall–Kier alpha value is -2.12. The van der Waals surface area contributed by atoms with Crippen molar-refractivity contribution in [2.75, 3.05) is 17.6 Å². The van der Waals surface area contributed by atoms with Crippen LogP contribution in [0.3, 0.4) is 0 Å². The molecule has 0 bridgehead atoms. The number of hydrazone groups is 1. The Morgan fingerprint density at radius 3 is 2.78 bits per heavy atom. The fourth-order valence-electron chi connectivity index (χ4n) is 3.15. The van der Waals surface area contributed by atoms with E-state index in [2.05, 4.69) is 20.8 Å². The number of amidine groups is 1. The third kappa shape index (κ3) is 4.42. The van der Waals surface area contributed by atoms with E-state index in [0.29, 0.717) is 0 Å². The topological polar surface area (TPSA) is 65.8 Å². The number of hydrogen-bond acceptors (Lipinski definition) is 6. The van der Waals surface area contributed by atoms with E-state index >= 15 is 0 Å². The van der Waals surface area contributed by atoms with Crippen molar-refractivity contribution in [1.29, 1.82) is 0 Å². The van der Waals surface area contributed by atoms with Gasteiger partial charge in [0, 0.05) is 22.9 Å². The van der Waals surface area contributed by atoms with E-state index < -0.39 is 0 Å². The van der Waals surface area contributed by atoms with Crippen LogP contribution < -0.4 is 10.7 Å². The summed E-state index contributed by atoms with van der Waals surface area (Å²) < 4.78 is 0. The van der Waals surface area contributed by atoms with Crippen molar-refractivity contribution < 1.29 is 4.79 Å². The fraction of sp³-hybridized carbons (Fsp3) is 0.350. The number of carbonyl (C=O) groups excluding carboxylic acids is 1. The fourth-order valence-corrected chi connectivity index (χ4v) is 5.13. The molecule has 27 heavy (non-hydrogen) atoms. The van der Waals surface area contributed by atoms with E-state index in [1.165, 1.54) is 16.9 Å². The highest BCUT2D eigenvalue weighted by Crippen LogP contribution is 2.30. The molecule has 0 unspecified atom stereocenters. The normalized spacial score (nSPS) is 16.6. The van der Waals surface area contributed by atoms with Gasteiger partial charge in [0.15, 0.2) is 5.17 Å². The third-order valence-corrected chi connectivity index (χ3v) is 6.88. The standard InChI is InChI=1S/C20H22N4OS2/c1-13(23-24-19(25)18-12-15-4-2-5-17(15)27-18)14-6-8-16(9-7-14)22-20-21-10-3-11-26-20/h6-9,12H,2-5,10-11H2,1H3,(H,21,22)(H,24,25)/b23-13-. The number of benzene rings is 1. The van der Waals surface area contributed by atoms with Crippen molar-refractivity contribution in [1.82, 2.24) is 5.43 Å². The lowest BCUT2D eigenvalue weighted by Gasteiger charge is -2.13. The van der Waals surface area contributed by atoms with Crippen molar-refractivity contribution in [3.8, 4) is 0 Å². The number of nitrogens with zero attached hydrogens (tertiary/aromatic N) is 2. The Morgan fingerprint density at radius 2 is 2.04 bits per heavy atom. The van der Waals surface area contributed by atoms with Gasteiger partial charge in [-0.1, -0.05) is 23.9 Å². The van der Waals surface area contributed by atoms with Crippen molar-refractivity contribution >= 4 is 45.6 Å². The van der Waals surface area contributed by atoms with Crippen LogP contribution in [-0.2, 0) is 12.8 Å². The smallest absolute Gasteiger partial charge is 0.281 e. The van der Waals surface area contributed by atoms with Gasteiger partial charge in [0.2, 0.25) is 0 Å². The summed E-state index contributed by atoms with van der Waals surface area (Å²) in [7, 11) is 0. The second kappa shape index (κ2) is 8.27. The van der Waals surface area contributed by atoms with Crippen molar-refractivity contribution in [2.24, 2.45) is 10.1 Å². The second-order valence-corrected chi connectivity index (χ2v) is 8.86. The van der Waals surface area contributed by atoms with E-state index in [1.54, 1.807) is 23.1 Å². The Balaban J connectivity index is 1.37. The summed E-state index contributed by atoms with van der Waals surface area (Å²) in [5.74, 6) is 0.988. The highest BCUT2D eigenvalue weighted by atomic mass is 32.2. The number of rotatable bonds is 4. The van der Waals surface area contributed by atoms with Gasteiger partial charge in [-0.2, -0.15) is 5.10 Å². The van der Waals surface area contributed by atoms with Crippen LogP contribution in [0.15, 0.2) is 40.4 Å². The number of amides is 1. The van der Waals surface area contributed by atoms with Crippen LogP contribution in [0.25, 0.3) is 0 Å². The molecule has 0 saturated heterocycles. The van der Waals surface area contributed by atoms with Crippen molar-refractivity contribution in [3.63, 3.8) is 0 Å². The van der Waals surface area contributed by atoms with Gasteiger partial charge in [-0.05, 0) is 61.9 Å². The molecule has 0 atom stereocenters. The summed E-state index contributed by atoms with van der Waals surface area (Å²) in [5.41, 5.74) is 6.79. The zero-order chi connectivity index (χ0) is 18.6. The molecular weight excluding hydrogens is 376 g/mol. The number of thiophene rings is 1. The second-order valence-electron chi connectivity index (χ2n) is 6.64. The van der Waals surface area contributed by atoms with Crippen molar-refractivity contribution in [3.05, 3.63) is 51.2 Å². The Kier molecular flexibility index (Phi) is 5.59. The van der Waals surface area contributed by atoms with Gasteiger partial charge in [-0.3, -0.25) is 9.79 Å². The van der Waals surface area contributed by atoms with E-state index in [1.807, 2.05) is 37.3 Å². The molecule has 1 aromatic heterocycles. The third-order valence-electron chi connectivity index (χ3n) is 4.65. The molecule has 0 spiro atoms. The SMILES string of the molecule is C/C(=N/NC(=O)c1cc2c(s1)CCC2)c1ccc(NC2=NCCCS2)cc1. The molecule has 5 nitrogen and oxygen atoms in total. The highest BCUT2D eigenvalue weighted by molar-refractivity contribution is 8.14. The van der Waals surface area contributed by atoms with Gasteiger partial charge in [0.25, 0.3) is 5.91 Å². The van der Waals surface area contributed by atoms with E-state index in [0.717, 1.165) is 58.6 Å². The van der Waals surface area contributed by atoms with Crippen LogP contribution >= 0.6 is 23.1 Å². The zero-order valence-electron chi connectivity index (χ0n) is 15.2. The molecule has 1 aliphatic carbocycles. The number of aliphatic imine (C=N–C) groups is 1. The summed E-state index contributed by atoms with van der Waals surface area (Å²) in [6.45, 7) is 2.80. The maximum absolute atomic E-state index is 12.3. The number of aryl methyl sites for hydroxylation is 2. The molecule has 4 rings (SSSR count). The Morgan fingerprint density at radius 1 is 1.19 bits per heavy atom. The predicted molar refractivity (Wildman–Crippen MR) is 115 cm³/mol. The molecule has 0 fully saturated rings. The molecule has 0 saturated carbocycles. The number of anilines is 1. The Labute approximate surface area is 167 Å². The summed E-state index contributed by atoms with van der Waals surface area (Å²) in [5, 5.41) is 8.60. The lowest BCUT2D eigenvalue weighted by atomic mass is 10.1. The quantitative estimate of drug-likeness (QED) is 0.596. The molecule has 2 N–H and O–H groups in total. The van der Waals surface area contributed by atoms with Crippen LogP contribution in [-0.4, -0.2) is 29.1 Å². The lowest BCUT2D eigenvalue weighted by Crippen LogP contribution is -2.18. The number of carbonyl (C=O) groups is 1. The summed E-state index contributed by atoms with van der Waals surface area (Å²) in [4.78, 5) is 18.9. The predicted octanol–water partition coefficient (Wildman–Crippen LogP) is 4.30. The van der Waals surface area contributed by atoms with Gasteiger partial charge in [0.05, 0.1) is 10.6 Å². The minimum absolute atomic E-state index is 0.126. The molecule has 1 amide bonds. The number of fused-ring (bicyclic) bond motifs is 1. The average Bonchev–Trinajstić information content (AvgIpc) is 3.29. The minimum Gasteiger partial charge on any atom is -0.335 e. The van der Waals surface area contributed by atoms with Gasteiger partial charge < -0.3 is 5.32 Å². The first-order valence-corrected chi connectivity index (χ1v) is 11.0. The van der Waals surface area contributed by atoms with Crippen LogP contribution in [0.1, 0.15) is 45.4 Å². The van der Waals surface area contributed by atoms with Crippen LogP contribution in [0.5, 0.6) is 0 Å². The molecule has 2 aromatic rings. The number of thioether (sulfide) groups is 1. The molecule has 2 heterocycles. The zero-order valence-corrected chi connectivity index (χ0v) is 16.9. The van der Waals surface area contributed by atoms with E-state index in [-0.39, 0.29) is 5.91 Å². The summed E-state index contributed by atoms with van der Waals surface area (Å²) >= 11 is 3.35. The summed E-state index contributed by atoms with van der Waals surface area (Å²) in [6, 6.07) is 10.0. The Bertz CT molecular complexity index is 878. The first-order chi connectivity index (χ1) is 13.2. The van der Waals surface area contributed by atoms with Crippen LogP contribution in [0.2, 0.25) is 0 Å². The van der Waals surface area contributed by atoms with Crippen molar-refractivity contribution in [2.45, 2.75) is 32.6 Å². The van der Waals surface area contributed by atoms with E-state index in [4.69, 9.17) is 0 Å². The largest absolute Gasteiger partial charge is 0.335 e. The highest BCUT2D eigenvalue weighted by Gasteiger charge is 2.18. The summed E-state index contributed by atoms with van der Waals surface area (Å²) in [6.07, 6.45) is 4.54. The molecule has 0 radical (unpaired) electrons. The molecule has 2 aliphatic rings. The molecular formula is C20H22N4OS2. The molecule has 1 aromatic carbocycles. The van der Waals surface area contributed by atoms with E-state index in [9.17, 15) is 4.79 Å². The van der Waals surface area contributed by atoms with Crippen LogP contribution in [0, 0.1) is 0 Å². The van der Waals surface area contributed by atoms with Gasteiger partial charge in [-0.25, -0.2) is 5.43 Å². The first kappa shape index (κ1) is 18.3. The maximum Gasteiger partial charge on any atom is 0.281 e. The first-order valence-electron chi connectivity index (χ1n) is 9.20. The average molecular weight is 399 g/mol. The molecule has 1 aliphatic heterocycles. The minimum atomic E-state index is -0.126. The molecule has 7 heteroatoms. The van der Waals surface area contributed by atoms with Crippen LogP contribution in [0.4, 0.5) is 5.69 Å². The lowest BCUT2D eigenvalue weighted by molar-refractivity contribution is 0.0959. The van der Waals surface area contributed by atoms with Gasteiger partial charge >= 0.3 is 0 Å². The molecule has 140 valence electrons. The maximum atomic E-state index is 12.3. The van der Waals surface area contributed by atoms with Gasteiger partial charge in [0.1, 0.15) is 0 Å². The van der Waals surface area contributed by atoms with Gasteiger partial charge in [-0.15, -0.1) is 11.3 Å². The number of hydrogen-bond donors (Lipinski definition) is 2. The monoisotopic (exact) mass is 398 g/mol. The number of nitrogens with one attached hydrogen (secondary N) is 2.